The minimum Gasteiger partial charge on any atom is -0.352 e. The molecule has 0 saturated carbocycles. The summed E-state index contributed by atoms with van der Waals surface area (Å²) in [5.74, 6) is 1.45. The summed E-state index contributed by atoms with van der Waals surface area (Å²) in [7, 11) is 0. The lowest BCUT2D eigenvalue weighted by atomic mass is 9.91. The Hall–Kier alpha value is 0.650. The van der Waals surface area contributed by atoms with Crippen molar-refractivity contribution in [3.05, 3.63) is 0 Å². The van der Waals surface area contributed by atoms with Gasteiger partial charge >= 0.3 is 0 Å². The highest BCUT2D eigenvalue weighted by Crippen LogP contribution is 2.35. The third kappa shape index (κ3) is 1.55. The Morgan fingerprint density at radius 2 is 2.27 bits per heavy atom. The lowest BCUT2D eigenvalue weighted by molar-refractivity contribution is -0.151. The number of rotatable bonds is 1. The first-order valence-corrected chi connectivity index (χ1v) is 5.73. The van der Waals surface area contributed by atoms with Gasteiger partial charge in [0.25, 0.3) is 0 Å². The van der Waals surface area contributed by atoms with Crippen LogP contribution in [0.1, 0.15) is 12.8 Å². The first-order valence-electron chi connectivity index (χ1n) is 4.21. The van der Waals surface area contributed by atoms with E-state index in [9.17, 15) is 0 Å². The molecule has 2 rings (SSSR count). The molecule has 0 unspecified atom stereocenters. The van der Waals surface area contributed by atoms with Crippen LogP contribution in [0.5, 0.6) is 0 Å². The Labute approximate surface area is 80.8 Å². The molecule has 2 nitrogen and oxygen atoms in total. The highest BCUT2D eigenvalue weighted by atomic mass is 127. The summed E-state index contributed by atoms with van der Waals surface area (Å²) >= 11 is 2.44. The van der Waals surface area contributed by atoms with E-state index in [-0.39, 0.29) is 6.29 Å². The lowest BCUT2D eigenvalue weighted by Crippen LogP contribution is -2.29. The minimum atomic E-state index is 0.142. The summed E-state index contributed by atoms with van der Waals surface area (Å²) < 4.78 is 12.3. The van der Waals surface area contributed by atoms with E-state index < -0.39 is 0 Å². The van der Waals surface area contributed by atoms with Crippen molar-refractivity contribution >= 4 is 22.6 Å². The third-order valence-corrected chi connectivity index (χ3v) is 3.72. The monoisotopic (exact) mass is 268 g/mol. The van der Waals surface area contributed by atoms with Crippen LogP contribution in [0, 0.1) is 11.8 Å². The molecule has 0 aromatic heterocycles. The van der Waals surface area contributed by atoms with Crippen molar-refractivity contribution in [1.82, 2.24) is 0 Å². The number of halogens is 1. The van der Waals surface area contributed by atoms with Crippen molar-refractivity contribution in [3.63, 3.8) is 0 Å². The molecular formula is C8H13IO2. The Morgan fingerprint density at radius 1 is 1.36 bits per heavy atom. The predicted molar refractivity (Wildman–Crippen MR) is 50.8 cm³/mol. The molecule has 2 aliphatic rings. The molecule has 64 valence electrons. The van der Waals surface area contributed by atoms with Gasteiger partial charge in [0, 0.05) is 17.0 Å². The quantitative estimate of drug-likeness (QED) is 0.533. The predicted octanol–water partition coefficient (Wildman–Crippen LogP) is 1.82. The first-order chi connectivity index (χ1) is 5.42. The topological polar surface area (TPSA) is 18.5 Å². The summed E-state index contributed by atoms with van der Waals surface area (Å²) in [6.07, 6.45) is 2.67. The molecule has 0 N–H and O–H groups in total. The van der Waals surface area contributed by atoms with E-state index in [0.717, 1.165) is 19.1 Å². The maximum atomic E-state index is 5.53. The number of alkyl halides is 1. The van der Waals surface area contributed by atoms with Gasteiger partial charge in [-0.05, 0) is 18.8 Å². The van der Waals surface area contributed by atoms with Gasteiger partial charge in [0.1, 0.15) is 0 Å². The fraction of sp³-hybridized carbons (Fsp3) is 1.00. The molecule has 11 heavy (non-hydrogen) atoms. The average molecular weight is 268 g/mol. The van der Waals surface area contributed by atoms with Crippen molar-refractivity contribution in [3.8, 4) is 0 Å². The van der Waals surface area contributed by atoms with Gasteiger partial charge < -0.3 is 9.47 Å². The summed E-state index contributed by atoms with van der Waals surface area (Å²) in [5.41, 5.74) is 0. The molecule has 0 aromatic rings. The van der Waals surface area contributed by atoms with E-state index in [4.69, 9.17) is 9.47 Å². The average Bonchev–Trinajstić information content (AvgIpc) is 2.47. The maximum Gasteiger partial charge on any atom is 0.160 e. The second kappa shape index (κ2) is 3.58. The molecule has 0 amide bonds. The number of ether oxygens (including phenoxy) is 2. The minimum absolute atomic E-state index is 0.142. The van der Waals surface area contributed by atoms with E-state index in [1.54, 1.807) is 0 Å². The zero-order valence-electron chi connectivity index (χ0n) is 6.46. The van der Waals surface area contributed by atoms with Gasteiger partial charge in [0.15, 0.2) is 6.29 Å². The van der Waals surface area contributed by atoms with Crippen LogP contribution in [-0.4, -0.2) is 23.9 Å². The Morgan fingerprint density at radius 3 is 3.09 bits per heavy atom. The molecule has 2 heterocycles. The van der Waals surface area contributed by atoms with Crippen LogP contribution in [0.15, 0.2) is 0 Å². The SMILES string of the molecule is IC[C@@H]1CO[C@@H]2OCCC[C@H]12. The normalized spacial score (nSPS) is 43.9. The van der Waals surface area contributed by atoms with Crippen LogP contribution < -0.4 is 0 Å². The van der Waals surface area contributed by atoms with Gasteiger partial charge in [-0.25, -0.2) is 0 Å². The molecule has 0 bridgehead atoms. The zero-order valence-corrected chi connectivity index (χ0v) is 8.62. The van der Waals surface area contributed by atoms with Gasteiger partial charge in [-0.2, -0.15) is 0 Å². The molecule has 3 atom stereocenters. The van der Waals surface area contributed by atoms with Gasteiger partial charge in [0.05, 0.1) is 6.61 Å². The standard InChI is InChI=1S/C8H13IO2/c9-4-6-5-11-8-7(6)2-1-3-10-8/h6-8H,1-5H2/t6-,7-,8+/m1/s1. The van der Waals surface area contributed by atoms with Gasteiger partial charge in [0.2, 0.25) is 0 Å². The van der Waals surface area contributed by atoms with E-state index in [1.807, 2.05) is 0 Å². The van der Waals surface area contributed by atoms with Crippen molar-refractivity contribution in [2.75, 3.05) is 17.6 Å². The maximum absolute atomic E-state index is 5.53. The van der Waals surface area contributed by atoms with Crippen LogP contribution >= 0.6 is 22.6 Å². The van der Waals surface area contributed by atoms with Crippen LogP contribution in [0.3, 0.4) is 0 Å². The van der Waals surface area contributed by atoms with Gasteiger partial charge in [-0.1, -0.05) is 22.6 Å². The highest BCUT2D eigenvalue weighted by Gasteiger charge is 2.38. The zero-order chi connectivity index (χ0) is 7.68. The number of hydrogen-bond donors (Lipinski definition) is 0. The number of fused-ring (bicyclic) bond motifs is 1. The molecule has 2 aliphatic heterocycles. The first kappa shape index (κ1) is 8.26. The smallest absolute Gasteiger partial charge is 0.160 e. The summed E-state index contributed by atoms with van der Waals surface area (Å²) in [5, 5.41) is 0. The Balaban J connectivity index is 1.98. The van der Waals surface area contributed by atoms with Gasteiger partial charge in [-0.15, -0.1) is 0 Å². The summed E-state index contributed by atoms with van der Waals surface area (Å²) in [6.45, 7) is 1.81. The van der Waals surface area contributed by atoms with E-state index in [2.05, 4.69) is 22.6 Å². The molecule has 0 spiro atoms. The lowest BCUT2D eigenvalue weighted by Gasteiger charge is -2.26. The highest BCUT2D eigenvalue weighted by molar-refractivity contribution is 14.1. The fourth-order valence-corrected chi connectivity index (χ4v) is 2.82. The fourth-order valence-electron chi connectivity index (χ4n) is 1.91. The molecule has 0 aliphatic carbocycles. The molecule has 0 radical (unpaired) electrons. The Bertz CT molecular complexity index is 134. The second-order valence-electron chi connectivity index (χ2n) is 3.29. The Kier molecular flexibility index (Phi) is 2.69. The summed E-state index contributed by atoms with van der Waals surface area (Å²) in [6, 6.07) is 0. The third-order valence-electron chi connectivity index (χ3n) is 2.59. The van der Waals surface area contributed by atoms with Crippen molar-refractivity contribution in [2.45, 2.75) is 19.1 Å². The molecule has 3 heteroatoms. The van der Waals surface area contributed by atoms with Crippen LogP contribution in [-0.2, 0) is 9.47 Å². The van der Waals surface area contributed by atoms with Gasteiger partial charge in [-0.3, -0.25) is 0 Å². The molecular weight excluding hydrogens is 255 g/mol. The van der Waals surface area contributed by atoms with Crippen molar-refractivity contribution in [2.24, 2.45) is 11.8 Å². The largest absolute Gasteiger partial charge is 0.352 e. The van der Waals surface area contributed by atoms with E-state index in [0.29, 0.717) is 5.92 Å². The molecule has 2 fully saturated rings. The van der Waals surface area contributed by atoms with E-state index in [1.165, 1.54) is 17.3 Å². The summed E-state index contributed by atoms with van der Waals surface area (Å²) in [4.78, 5) is 0. The van der Waals surface area contributed by atoms with Crippen LogP contribution in [0.25, 0.3) is 0 Å². The van der Waals surface area contributed by atoms with Crippen LogP contribution in [0.2, 0.25) is 0 Å². The molecule has 2 saturated heterocycles. The van der Waals surface area contributed by atoms with Crippen LogP contribution in [0.4, 0.5) is 0 Å². The second-order valence-corrected chi connectivity index (χ2v) is 4.17. The van der Waals surface area contributed by atoms with Crippen molar-refractivity contribution < 1.29 is 9.47 Å². The van der Waals surface area contributed by atoms with E-state index >= 15 is 0 Å². The van der Waals surface area contributed by atoms with Crippen molar-refractivity contribution in [1.29, 1.82) is 0 Å². The molecule has 0 aromatic carbocycles. The number of hydrogen-bond acceptors (Lipinski definition) is 2.